The molecule has 0 aromatic heterocycles. The first-order chi connectivity index (χ1) is 6.38. The molecular weight excluding hydrogens is 220 g/mol. The summed E-state index contributed by atoms with van der Waals surface area (Å²) in [6.07, 6.45) is -4.50. The van der Waals surface area contributed by atoms with Gasteiger partial charge in [0.2, 0.25) is 5.75 Å². The predicted octanol–water partition coefficient (Wildman–Crippen LogP) is 2.50. The Morgan fingerprint density at radius 1 is 1.29 bits per heavy atom. The lowest BCUT2D eigenvalue weighted by Gasteiger charge is -2.12. The molecule has 0 aliphatic rings. The topological polar surface area (TPSA) is 23.1 Å². The van der Waals surface area contributed by atoms with Crippen LogP contribution in [-0.2, 0) is 11.2 Å². The number of halogens is 4. The zero-order chi connectivity index (χ0) is 10.8. The van der Waals surface area contributed by atoms with Crippen molar-refractivity contribution in [1.29, 1.82) is 0 Å². The molecule has 0 aliphatic carbocycles. The molecule has 0 fully saturated rings. The molecule has 1 rings (SSSR count). The first kappa shape index (κ1) is 11.3. The van der Waals surface area contributed by atoms with Gasteiger partial charge in [0.15, 0.2) is 4.90 Å². The molecule has 14 heavy (non-hydrogen) atoms. The van der Waals surface area contributed by atoms with Crippen molar-refractivity contribution in [3.63, 3.8) is 0 Å². The average molecular weight is 226 g/mol. The van der Waals surface area contributed by atoms with Crippen LogP contribution < -0.4 is 0 Å². The van der Waals surface area contributed by atoms with Gasteiger partial charge < -0.3 is 4.55 Å². The molecule has 1 aromatic rings. The van der Waals surface area contributed by atoms with Gasteiger partial charge in [-0.05, 0) is 23.3 Å². The summed E-state index contributed by atoms with van der Waals surface area (Å²) in [5, 5.41) is 0. The Morgan fingerprint density at radius 2 is 1.93 bits per heavy atom. The Hall–Kier alpha value is -0.750. The van der Waals surface area contributed by atoms with E-state index in [-0.39, 0.29) is 4.90 Å². The summed E-state index contributed by atoms with van der Waals surface area (Å²) in [7, 11) is 0. The van der Waals surface area contributed by atoms with E-state index in [1.807, 2.05) is 0 Å². The summed E-state index contributed by atoms with van der Waals surface area (Å²) >= 11 is -2.23. The number of alkyl halides is 3. The van der Waals surface area contributed by atoms with E-state index < -0.39 is 28.9 Å². The van der Waals surface area contributed by atoms with Crippen molar-refractivity contribution in [1.82, 2.24) is 0 Å². The highest BCUT2D eigenvalue weighted by Gasteiger charge is 2.35. The third kappa shape index (κ3) is 3.55. The van der Waals surface area contributed by atoms with Gasteiger partial charge in [-0.25, -0.2) is 4.39 Å². The maximum absolute atomic E-state index is 12.5. The molecular formula is C8H6F4OS. The monoisotopic (exact) mass is 226 g/mol. The molecule has 0 bridgehead atoms. The fraction of sp³-hybridized carbons (Fsp3) is 0.250. The second-order valence-electron chi connectivity index (χ2n) is 2.56. The molecule has 0 heterocycles. The molecule has 0 aliphatic heterocycles. The van der Waals surface area contributed by atoms with Crippen LogP contribution in [0.4, 0.5) is 17.6 Å². The van der Waals surface area contributed by atoms with Crippen LogP contribution in [0.1, 0.15) is 0 Å². The molecule has 1 nitrogen and oxygen atoms in total. The normalized spacial score (nSPS) is 14.1. The minimum Gasteiger partial charge on any atom is -0.611 e. The Kier molecular flexibility index (Phi) is 3.38. The smallest absolute Gasteiger partial charge is 0.433 e. The first-order valence-electron chi connectivity index (χ1n) is 3.59. The molecule has 1 atom stereocenters. The lowest BCUT2D eigenvalue weighted by Crippen LogP contribution is -2.22. The zero-order valence-electron chi connectivity index (χ0n) is 6.84. The van der Waals surface area contributed by atoms with Crippen LogP contribution in [-0.4, -0.2) is 16.5 Å². The molecule has 78 valence electrons. The van der Waals surface area contributed by atoms with Crippen LogP contribution in [0, 0.1) is 5.82 Å². The summed E-state index contributed by atoms with van der Waals surface area (Å²) < 4.78 is 59.0. The van der Waals surface area contributed by atoms with Gasteiger partial charge in [0.25, 0.3) is 0 Å². The summed E-state index contributed by atoms with van der Waals surface area (Å²) in [5.41, 5.74) is 0. The van der Waals surface area contributed by atoms with E-state index in [2.05, 4.69) is 0 Å². The van der Waals surface area contributed by atoms with Gasteiger partial charge in [-0.1, -0.05) is 6.07 Å². The largest absolute Gasteiger partial charge is 0.611 e. The maximum atomic E-state index is 12.5. The molecule has 0 amide bonds. The van der Waals surface area contributed by atoms with Crippen molar-refractivity contribution in [2.45, 2.75) is 11.1 Å². The van der Waals surface area contributed by atoms with Crippen LogP contribution in [0.2, 0.25) is 0 Å². The molecule has 6 heteroatoms. The Labute approximate surface area is 80.9 Å². The van der Waals surface area contributed by atoms with Gasteiger partial charge >= 0.3 is 6.18 Å². The molecule has 0 saturated heterocycles. The van der Waals surface area contributed by atoms with Crippen LogP contribution in [0.3, 0.4) is 0 Å². The highest BCUT2D eigenvalue weighted by atomic mass is 32.2. The molecule has 0 N–H and O–H groups in total. The van der Waals surface area contributed by atoms with Crippen molar-refractivity contribution in [3.8, 4) is 0 Å². The van der Waals surface area contributed by atoms with Gasteiger partial charge in [0.05, 0.1) is 0 Å². The summed E-state index contributed by atoms with van der Waals surface area (Å²) in [4.78, 5) is -0.151. The van der Waals surface area contributed by atoms with Crippen molar-refractivity contribution in [3.05, 3.63) is 30.1 Å². The van der Waals surface area contributed by atoms with Gasteiger partial charge in [-0.2, -0.15) is 13.2 Å². The second-order valence-corrected chi connectivity index (χ2v) is 4.01. The van der Waals surface area contributed by atoms with Gasteiger partial charge in [-0.15, -0.1) is 0 Å². The van der Waals surface area contributed by atoms with E-state index in [1.165, 1.54) is 12.1 Å². The molecule has 0 spiro atoms. The van der Waals surface area contributed by atoms with Gasteiger partial charge in [-0.3, -0.25) is 0 Å². The van der Waals surface area contributed by atoms with Gasteiger partial charge in [0, 0.05) is 6.07 Å². The zero-order valence-corrected chi connectivity index (χ0v) is 7.66. The predicted molar refractivity (Wildman–Crippen MR) is 43.7 cm³/mol. The number of benzene rings is 1. The minimum atomic E-state index is -4.50. The van der Waals surface area contributed by atoms with Crippen LogP contribution in [0.15, 0.2) is 29.2 Å². The first-order valence-corrected chi connectivity index (χ1v) is 4.91. The fourth-order valence-corrected chi connectivity index (χ4v) is 1.78. The highest BCUT2D eigenvalue weighted by Crippen LogP contribution is 2.22. The van der Waals surface area contributed by atoms with Crippen LogP contribution in [0.25, 0.3) is 0 Å². The van der Waals surface area contributed by atoms with Crippen LogP contribution in [0.5, 0.6) is 0 Å². The number of hydrogen-bond acceptors (Lipinski definition) is 1. The van der Waals surface area contributed by atoms with E-state index in [1.54, 1.807) is 0 Å². The average Bonchev–Trinajstić information content (AvgIpc) is 2.01. The summed E-state index contributed by atoms with van der Waals surface area (Å²) in [5.74, 6) is -2.14. The fourth-order valence-electron chi connectivity index (χ4n) is 0.841. The van der Waals surface area contributed by atoms with Crippen molar-refractivity contribution in [2.24, 2.45) is 0 Å². The van der Waals surface area contributed by atoms with Crippen LogP contribution >= 0.6 is 0 Å². The molecule has 0 radical (unpaired) electrons. The van der Waals surface area contributed by atoms with E-state index in [4.69, 9.17) is 0 Å². The van der Waals surface area contributed by atoms with Crippen molar-refractivity contribution in [2.75, 3.05) is 5.75 Å². The standard InChI is InChI=1S/C8H6F4OS/c9-6-2-1-3-7(4-6)14(13)5-8(10,11)12/h1-4H,5H2. The van der Waals surface area contributed by atoms with Gasteiger partial charge in [0.1, 0.15) is 5.82 Å². The summed E-state index contributed by atoms with van der Waals surface area (Å²) in [6.45, 7) is 0. The third-order valence-electron chi connectivity index (χ3n) is 1.35. The SMILES string of the molecule is [O-][S+](CC(F)(F)F)c1cccc(F)c1. The minimum absolute atomic E-state index is 0.151. The van der Waals surface area contributed by atoms with E-state index >= 15 is 0 Å². The number of rotatable bonds is 2. The summed E-state index contributed by atoms with van der Waals surface area (Å²) in [6, 6.07) is 4.33. The Balaban J connectivity index is 2.74. The lowest BCUT2D eigenvalue weighted by atomic mass is 10.4. The maximum Gasteiger partial charge on any atom is 0.433 e. The molecule has 1 unspecified atom stereocenters. The Bertz CT molecular complexity index is 312. The molecule has 1 aromatic carbocycles. The number of hydrogen-bond donors (Lipinski definition) is 0. The highest BCUT2D eigenvalue weighted by molar-refractivity contribution is 7.91. The van der Waals surface area contributed by atoms with E-state index in [0.29, 0.717) is 0 Å². The van der Waals surface area contributed by atoms with Crippen molar-refractivity contribution < 1.29 is 22.1 Å². The third-order valence-corrected chi connectivity index (χ3v) is 2.72. The second kappa shape index (κ2) is 4.18. The van der Waals surface area contributed by atoms with E-state index in [9.17, 15) is 22.1 Å². The quantitative estimate of drug-likeness (QED) is 0.561. The van der Waals surface area contributed by atoms with E-state index in [0.717, 1.165) is 12.1 Å². The molecule has 0 saturated carbocycles. The lowest BCUT2D eigenvalue weighted by molar-refractivity contribution is -0.106. The van der Waals surface area contributed by atoms with Crippen molar-refractivity contribution >= 4 is 11.2 Å². The Morgan fingerprint density at radius 3 is 2.43 bits per heavy atom.